The van der Waals surface area contributed by atoms with Gasteiger partial charge < -0.3 is 9.47 Å². The maximum atomic E-state index is 5.73. The molecule has 0 radical (unpaired) electrons. The quantitative estimate of drug-likeness (QED) is 0.424. The van der Waals surface area contributed by atoms with E-state index in [-0.39, 0.29) is 5.41 Å². The van der Waals surface area contributed by atoms with Gasteiger partial charge in [0.15, 0.2) is 11.5 Å². The number of halogens is 2. The van der Waals surface area contributed by atoms with Crippen molar-refractivity contribution in [3.63, 3.8) is 0 Å². The minimum absolute atomic E-state index is 0.0465. The van der Waals surface area contributed by atoms with Gasteiger partial charge in [0.1, 0.15) is 0 Å². The van der Waals surface area contributed by atoms with Crippen LogP contribution in [0.25, 0.3) is 11.6 Å². The van der Waals surface area contributed by atoms with Crippen molar-refractivity contribution in [1.82, 2.24) is 0 Å². The Labute approximate surface area is 182 Å². The first-order valence-electron chi connectivity index (χ1n) is 9.59. The molecule has 0 fully saturated rings. The number of ether oxygens (including phenoxy) is 2. The van der Waals surface area contributed by atoms with E-state index in [4.69, 9.17) is 9.47 Å². The van der Waals surface area contributed by atoms with Crippen LogP contribution >= 0.6 is 31.9 Å². The van der Waals surface area contributed by atoms with E-state index in [0.717, 1.165) is 22.4 Å². The summed E-state index contributed by atoms with van der Waals surface area (Å²) in [6.07, 6.45) is 3.29. The molecule has 0 aromatic heterocycles. The van der Waals surface area contributed by atoms with E-state index >= 15 is 0 Å². The average Bonchev–Trinajstić information content (AvgIpc) is 3.30. The fourth-order valence-electron chi connectivity index (χ4n) is 5.53. The van der Waals surface area contributed by atoms with Crippen LogP contribution in [0.3, 0.4) is 0 Å². The molecule has 28 heavy (non-hydrogen) atoms. The molecule has 0 saturated carbocycles. The Balaban J connectivity index is 1.67. The number of allylic oxidation sites excluding steroid dienone is 3. The molecule has 0 N–H and O–H groups in total. The molecular formula is C24H22Br2O2. The third-order valence-electron chi connectivity index (χ3n) is 6.44. The Morgan fingerprint density at radius 2 is 1.89 bits per heavy atom. The highest BCUT2D eigenvalue weighted by Gasteiger charge is 2.43. The highest BCUT2D eigenvalue weighted by atomic mass is 79.9. The number of fused-ring (bicyclic) bond motifs is 3. The Bertz CT molecular complexity index is 1090. The van der Waals surface area contributed by atoms with Gasteiger partial charge in [-0.15, -0.1) is 0 Å². The van der Waals surface area contributed by atoms with E-state index < -0.39 is 0 Å². The van der Waals surface area contributed by atoms with Crippen molar-refractivity contribution in [2.75, 3.05) is 6.79 Å². The third kappa shape index (κ3) is 2.43. The van der Waals surface area contributed by atoms with Crippen LogP contribution in [-0.2, 0) is 6.42 Å². The van der Waals surface area contributed by atoms with Gasteiger partial charge in [-0.05, 0) is 76.2 Å². The van der Waals surface area contributed by atoms with Crippen molar-refractivity contribution < 1.29 is 9.47 Å². The highest BCUT2D eigenvalue weighted by molar-refractivity contribution is 9.11. The molecule has 0 saturated heterocycles. The molecule has 144 valence electrons. The second kappa shape index (κ2) is 6.24. The first-order chi connectivity index (χ1) is 13.3. The molecule has 1 heterocycles. The molecule has 1 atom stereocenters. The van der Waals surface area contributed by atoms with Gasteiger partial charge in [-0.1, -0.05) is 59.1 Å². The van der Waals surface area contributed by atoms with Crippen molar-refractivity contribution >= 4 is 43.5 Å². The lowest BCUT2D eigenvalue weighted by molar-refractivity contribution is 0.173. The zero-order valence-electron chi connectivity index (χ0n) is 16.5. The van der Waals surface area contributed by atoms with Crippen LogP contribution in [0.15, 0.2) is 44.4 Å². The lowest BCUT2D eigenvalue weighted by Gasteiger charge is -2.37. The first-order valence-corrected chi connectivity index (χ1v) is 11.2. The predicted molar refractivity (Wildman–Crippen MR) is 121 cm³/mol. The SMILES string of the molecule is CC1=Cc2c(Br)cccc2C1C(C)(C)C1=C(C)Cc2c1cc1c(c2Br)OCO1. The van der Waals surface area contributed by atoms with Crippen LogP contribution in [0, 0.1) is 5.41 Å². The Hall–Kier alpha value is -1.52. The molecule has 2 nitrogen and oxygen atoms in total. The van der Waals surface area contributed by atoms with Gasteiger partial charge in [-0.2, -0.15) is 0 Å². The van der Waals surface area contributed by atoms with E-state index in [2.05, 4.69) is 89.9 Å². The van der Waals surface area contributed by atoms with Gasteiger partial charge in [0.05, 0.1) is 4.47 Å². The van der Waals surface area contributed by atoms with Gasteiger partial charge in [0.25, 0.3) is 0 Å². The lowest BCUT2D eigenvalue weighted by atomic mass is 9.66. The first kappa shape index (κ1) is 18.5. The van der Waals surface area contributed by atoms with Crippen LogP contribution in [0.5, 0.6) is 11.5 Å². The standard InChI is InChI=1S/C24H22Br2O2/c1-12-8-15-14(6-5-7-18(15)25)20(12)24(3,4)21-13(2)9-17-16(21)10-19-23(22(17)26)28-11-27-19/h5-8,10,20H,9,11H2,1-4H3. The maximum absolute atomic E-state index is 5.73. The summed E-state index contributed by atoms with van der Waals surface area (Å²) in [5.74, 6) is 2.03. The van der Waals surface area contributed by atoms with Gasteiger partial charge in [-0.25, -0.2) is 0 Å². The summed E-state index contributed by atoms with van der Waals surface area (Å²) in [6.45, 7) is 9.60. The van der Waals surface area contributed by atoms with E-state index in [1.807, 2.05) is 0 Å². The number of benzene rings is 2. The molecule has 2 aliphatic carbocycles. The normalized spacial score (nSPS) is 19.8. The Morgan fingerprint density at radius 1 is 1.11 bits per heavy atom. The fourth-order valence-corrected chi connectivity index (χ4v) is 6.69. The monoisotopic (exact) mass is 500 g/mol. The second-order valence-corrected chi connectivity index (χ2v) is 10.2. The van der Waals surface area contributed by atoms with E-state index in [1.54, 1.807) is 0 Å². The number of rotatable bonds is 2. The number of hydrogen-bond donors (Lipinski definition) is 0. The summed E-state index contributed by atoms with van der Waals surface area (Å²) in [5, 5.41) is 0. The van der Waals surface area contributed by atoms with Gasteiger partial charge >= 0.3 is 0 Å². The van der Waals surface area contributed by atoms with Crippen LogP contribution in [-0.4, -0.2) is 6.79 Å². The van der Waals surface area contributed by atoms with Gasteiger partial charge in [-0.3, -0.25) is 0 Å². The van der Waals surface area contributed by atoms with Crippen molar-refractivity contribution in [1.29, 1.82) is 0 Å². The Kier molecular flexibility index (Phi) is 4.12. The van der Waals surface area contributed by atoms with Crippen LogP contribution in [0.2, 0.25) is 0 Å². The number of hydrogen-bond acceptors (Lipinski definition) is 2. The average molecular weight is 502 g/mol. The zero-order valence-corrected chi connectivity index (χ0v) is 19.6. The third-order valence-corrected chi connectivity index (χ3v) is 7.97. The molecule has 0 spiro atoms. The largest absolute Gasteiger partial charge is 0.454 e. The van der Waals surface area contributed by atoms with Crippen LogP contribution < -0.4 is 9.47 Å². The van der Waals surface area contributed by atoms with Gasteiger partial charge in [0, 0.05) is 15.8 Å². The zero-order chi connectivity index (χ0) is 19.8. The summed E-state index contributed by atoms with van der Waals surface area (Å²) in [5.41, 5.74) is 9.59. The second-order valence-electron chi connectivity index (χ2n) is 8.57. The molecule has 1 aliphatic heterocycles. The van der Waals surface area contributed by atoms with E-state index in [0.29, 0.717) is 12.7 Å². The maximum Gasteiger partial charge on any atom is 0.231 e. The summed E-state index contributed by atoms with van der Waals surface area (Å²) >= 11 is 7.53. The molecule has 0 amide bonds. The topological polar surface area (TPSA) is 18.5 Å². The van der Waals surface area contributed by atoms with E-state index in [9.17, 15) is 0 Å². The van der Waals surface area contributed by atoms with Gasteiger partial charge in [0.2, 0.25) is 6.79 Å². The minimum atomic E-state index is -0.0465. The van der Waals surface area contributed by atoms with Crippen LogP contribution in [0.1, 0.15) is 55.9 Å². The van der Waals surface area contributed by atoms with Crippen molar-refractivity contribution in [2.24, 2.45) is 5.41 Å². The predicted octanol–water partition coefficient (Wildman–Crippen LogP) is 7.50. The molecule has 5 rings (SSSR count). The molecule has 0 bridgehead atoms. The molecule has 2 aromatic rings. The van der Waals surface area contributed by atoms with E-state index in [1.165, 1.54) is 43.4 Å². The minimum Gasteiger partial charge on any atom is -0.454 e. The highest BCUT2D eigenvalue weighted by Crippen LogP contribution is 2.59. The molecule has 3 aliphatic rings. The van der Waals surface area contributed by atoms with Crippen LogP contribution in [0.4, 0.5) is 0 Å². The molecular weight excluding hydrogens is 480 g/mol. The summed E-state index contributed by atoms with van der Waals surface area (Å²) in [7, 11) is 0. The smallest absolute Gasteiger partial charge is 0.231 e. The molecule has 4 heteroatoms. The molecule has 2 aromatic carbocycles. The van der Waals surface area contributed by atoms with Crippen molar-refractivity contribution in [2.45, 2.75) is 40.0 Å². The Morgan fingerprint density at radius 3 is 2.68 bits per heavy atom. The van der Waals surface area contributed by atoms with Crippen molar-refractivity contribution in [3.8, 4) is 11.5 Å². The van der Waals surface area contributed by atoms with Crippen molar-refractivity contribution in [3.05, 3.63) is 66.6 Å². The lowest BCUT2D eigenvalue weighted by Crippen LogP contribution is -2.24. The summed E-state index contributed by atoms with van der Waals surface area (Å²) in [6, 6.07) is 8.74. The molecule has 1 unspecified atom stereocenters. The fraction of sp³-hybridized carbons (Fsp3) is 0.333. The summed E-state index contributed by atoms with van der Waals surface area (Å²) in [4.78, 5) is 0. The summed E-state index contributed by atoms with van der Waals surface area (Å²) < 4.78 is 13.6.